The Bertz CT molecular complexity index is 1940. The molecule has 0 aromatic heterocycles. The maximum atomic E-state index is 13.1. The Balaban J connectivity index is 1.42. The third-order valence-electron chi connectivity index (χ3n) is 8.13. The summed E-state index contributed by atoms with van der Waals surface area (Å²) in [6.07, 6.45) is 0. The molecule has 16 heteroatoms. The number of alkyl halides is 4. The van der Waals surface area contributed by atoms with Gasteiger partial charge in [0.25, 0.3) is 11.8 Å². The van der Waals surface area contributed by atoms with Gasteiger partial charge in [0.1, 0.15) is 0 Å². The van der Waals surface area contributed by atoms with Crippen LogP contribution in [0.4, 0.5) is 11.4 Å². The second-order valence-electron chi connectivity index (χ2n) is 11.6. The minimum absolute atomic E-state index is 0.0387. The number of hydrogen-bond donors (Lipinski definition) is 2. The molecule has 0 atom stereocenters. The summed E-state index contributed by atoms with van der Waals surface area (Å²) in [5, 5.41) is 5.77. The Morgan fingerprint density at radius 2 is 0.827 bits per heavy atom. The molecule has 278 valence electrons. The van der Waals surface area contributed by atoms with Crippen LogP contribution >= 0.6 is 46.4 Å². The van der Waals surface area contributed by atoms with Crippen molar-refractivity contribution < 1.29 is 26.4 Å². The first-order chi connectivity index (χ1) is 24.8. The van der Waals surface area contributed by atoms with Gasteiger partial charge in [0.15, 0.2) is 0 Å². The number of amides is 2. The molecule has 0 saturated carbocycles. The summed E-state index contributed by atoms with van der Waals surface area (Å²) < 4.78 is 54.3. The van der Waals surface area contributed by atoms with E-state index >= 15 is 0 Å². The minimum atomic E-state index is -3.81. The number of carbonyl (C=O) groups excluding carboxylic acids is 2. The molecule has 52 heavy (non-hydrogen) atoms. The maximum Gasteiger partial charge on any atom is 0.255 e. The average Bonchev–Trinajstić information content (AvgIpc) is 3.13. The van der Waals surface area contributed by atoms with Crippen LogP contribution in [0.3, 0.4) is 0 Å². The number of nitrogens with one attached hydrogen (secondary N) is 2. The van der Waals surface area contributed by atoms with Crippen molar-refractivity contribution in [2.45, 2.75) is 23.6 Å². The van der Waals surface area contributed by atoms with Crippen LogP contribution in [-0.2, 0) is 20.0 Å². The fourth-order valence-electron chi connectivity index (χ4n) is 5.29. The SMILES string of the molecule is Cc1cc(-c2ccc(NC(=O)c3ccc(S(=O)(=O)N(CCCl)CCCl)cc3)c(C)c2)ccc1NC(=O)c1ccc(S(=O)(=O)N(CCCl)CCCl)cc1. The van der Waals surface area contributed by atoms with Crippen molar-refractivity contribution in [2.75, 3.05) is 60.3 Å². The Hall–Kier alpha value is -3.20. The van der Waals surface area contributed by atoms with Crippen molar-refractivity contribution in [2.24, 2.45) is 0 Å². The van der Waals surface area contributed by atoms with Gasteiger partial charge in [-0.2, -0.15) is 8.61 Å². The summed E-state index contributed by atoms with van der Waals surface area (Å²) in [6.45, 7) is 4.20. The fourth-order valence-corrected chi connectivity index (χ4v) is 9.39. The Morgan fingerprint density at radius 1 is 0.519 bits per heavy atom. The van der Waals surface area contributed by atoms with Crippen molar-refractivity contribution in [3.63, 3.8) is 0 Å². The second-order valence-corrected chi connectivity index (χ2v) is 17.0. The number of halogens is 4. The van der Waals surface area contributed by atoms with Crippen LogP contribution in [0.1, 0.15) is 31.8 Å². The number of anilines is 2. The van der Waals surface area contributed by atoms with E-state index in [0.717, 1.165) is 22.3 Å². The lowest BCUT2D eigenvalue weighted by Crippen LogP contribution is -2.34. The molecule has 0 radical (unpaired) electrons. The first-order valence-corrected chi connectivity index (χ1v) is 21.1. The first-order valence-electron chi connectivity index (χ1n) is 16.1. The van der Waals surface area contributed by atoms with Gasteiger partial charge in [0, 0.05) is 72.2 Å². The van der Waals surface area contributed by atoms with Crippen LogP contribution in [0.5, 0.6) is 0 Å². The zero-order valence-corrected chi connectivity index (χ0v) is 33.1. The van der Waals surface area contributed by atoms with Crippen LogP contribution in [-0.4, -0.2) is 87.0 Å². The standard InChI is InChI=1S/C36H38Cl4N4O6S2/c1-25-23-29(7-13-33(25)41-35(45)27-3-9-31(10-4-27)51(47,48)43(19-15-37)20-16-38)30-8-14-34(26(2)24-30)42-36(46)28-5-11-32(12-6-28)52(49,50)44(21-17-39)22-18-40/h3-14,23-24H,15-22H2,1-2H3,(H,41,45)(H,42,46). The molecule has 10 nitrogen and oxygen atoms in total. The smallest absolute Gasteiger partial charge is 0.255 e. The van der Waals surface area contributed by atoms with E-state index in [1.807, 2.05) is 38.1 Å². The highest BCUT2D eigenvalue weighted by Gasteiger charge is 2.25. The first kappa shape index (κ1) is 41.6. The molecule has 0 bridgehead atoms. The van der Waals surface area contributed by atoms with Crippen LogP contribution in [0, 0.1) is 13.8 Å². The summed E-state index contributed by atoms with van der Waals surface area (Å²) in [7, 11) is -7.63. The van der Waals surface area contributed by atoms with Gasteiger partial charge < -0.3 is 10.6 Å². The van der Waals surface area contributed by atoms with Crippen molar-refractivity contribution in [3.8, 4) is 11.1 Å². The second kappa shape index (κ2) is 18.7. The lowest BCUT2D eigenvalue weighted by molar-refractivity contribution is 0.101. The quantitative estimate of drug-likeness (QED) is 0.107. The molecule has 4 aromatic rings. The van der Waals surface area contributed by atoms with Crippen molar-refractivity contribution in [1.29, 1.82) is 0 Å². The van der Waals surface area contributed by atoms with Gasteiger partial charge in [-0.05, 0) is 109 Å². The number of nitrogens with zero attached hydrogens (tertiary/aromatic N) is 2. The molecule has 0 spiro atoms. The van der Waals surface area contributed by atoms with Gasteiger partial charge >= 0.3 is 0 Å². The monoisotopic (exact) mass is 826 g/mol. The summed E-state index contributed by atoms with van der Waals surface area (Å²) in [4.78, 5) is 26.2. The topological polar surface area (TPSA) is 133 Å². The molecular formula is C36H38Cl4N4O6S2. The third-order valence-corrected chi connectivity index (χ3v) is 12.6. The van der Waals surface area contributed by atoms with Crippen molar-refractivity contribution in [1.82, 2.24) is 8.61 Å². The highest BCUT2D eigenvalue weighted by molar-refractivity contribution is 7.89. The lowest BCUT2D eigenvalue weighted by atomic mass is 9.99. The van der Waals surface area contributed by atoms with Gasteiger partial charge in [0.05, 0.1) is 9.79 Å². The predicted octanol–water partition coefficient (Wildman–Crippen LogP) is 7.41. The Kier molecular flexibility index (Phi) is 15.0. The Morgan fingerprint density at radius 3 is 1.10 bits per heavy atom. The normalized spacial score (nSPS) is 11.9. The fraction of sp³-hybridized carbons (Fsp3) is 0.278. The molecule has 0 aliphatic carbocycles. The summed E-state index contributed by atoms with van der Waals surface area (Å²) in [5.41, 5.74) is 5.13. The zero-order chi connectivity index (χ0) is 38.1. The zero-order valence-electron chi connectivity index (χ0n) is 28.4. The van der Waals surface area contributed by atoms with Crippen LogP contribution in [0.2, 0.25) is 0 Å². The highest BCUT2D eigenvalue weighted by atomic mass is 35.5. The van der Waals surface area contributed by atoms with E-state index in [9.17, 15) is 26.4 Å². The van der Waals surface area contributed by atoms with Crippen molar-refractivity contribution >= 4 is 89.6 Å². The van der Waals surface area contributed by atoms with Crippen LogP contribution in [0.25, 0.3) is 11.1 Å². The minimum Gasteiger partial charge on any atom is -0.322 e. The molecule has 0 aliphatic heterocycles. The Labute approximate surface area is 325 Å². The summed E-state index contributed by atoms with van der Waals surface area (Å²) in [6, 6.07) is 22.5. The van der Waals surface area contributed by atoms with E-state index in [1.54, 1.807) is 12.1 Å². The summed E-state index contributed by atoms with van der Waals surface area (Å²) >= 11 is 23.1. The molecular weight excluding hydrogens is 790 g/mol. The molecule has 2 N–H and O–H groups in total. The van der Waals surface area contributed by atoms with Gasteiger partial charge in [-0.25, -0.2) is 16.8 Å². The van der Waals surface area contributed by atoms with Crippen LogP contribution in [0.15, 0.2) is 94.7 Å². The van der Waals surface area contributed by atoms with Gasteiger partial charge in [-0.15, -0.1) is 46.4 Å². The van der Waals surface area contributed by atoms with E-state index in [2.05, 4.69) is 10.6 Å². The number of sulfonamides is 2. The molecule has 0 fully saturated rings. The third kappa shape index (κ3) is 10.1. The van der Waals surface area contributed by atoms with E-state index in [1.165, 1.54) is 57.1 Å². The van der Waals surface area contributed by atoms with E-state index in [-0.39, 0.29) is 70.6 Å². The van der Waals surface area contributed by atoms with Crippen molar-refractivity contribution in [3.05, 3.63) is 107 Å². The van der Waals surface area contributed by atoms with Gasteiger partial charge in [-0.1, -0.05) is 12.1 Å². The molecule has 4 aromatic carbocycles. The van der Waals surface area contributed by atoms with Gasteiger partial charge in [-0.3, -0.25) is 9.59 Å². The number of carbonyl (C=O) groups is 2. The molecule has 0 aliphatic rings. The predicted molar refractivity (Wildman–Crippen MR) is 211 cm³/mol. The highest BCUT2D eigenvalue weighted by Crippen LogP contribution is 2.29. The number of aryl methyl sites for hydroxylation is 2. The molecule has 0 heterocycles. The molecule has 2 amide bonds. The van der Waals surface area contributed by atoms with E-state index in [4.69, 9.17) is 46.4 Å². The summed E-state index contributed by atoms with van der Waals surface area (Å²) in [5.74, 6) is -0.301. The maximum absolute atomic E-state index is 13.1. The number of benzene rings is 4. The molecule has 0 saturated heterocycles. The lowest BCUT2D eigenvalue weighted by Gasteiger charge is -2.20. The molecule has 0 unspecified atom stereocenters. The van der Waals surface area contributed by atoms with Crippen LogP contribution < -0.4 is 10.6 Å². The molecule has 4 rings (SSSR count). The number of hydrogen-bond acceptors (Lipinski definition) is 6. The largest absolute Gasteiger partial charge is 0.322 e. The van der Waals surface area contributed by atoms with E-state index < -0.39 is 31.9 Å². The van der Waals surface area contributed by atoms with Gasteiger partial charge in [0.2, 0.25) is 20.0 Å². The van der Waals surface area contributed by atoms with E-state index in [0.29, 0.717) is 11.4 Å². The number of rotatable bonds is 17. The average molecular weight is 829 g/mol.